The van der Waals surface area contributed by atoms with Gasteiger partial charge >= 0.3 is 0 Å². The summed E-state index contributed by atoms with van der Waals surface area (Å²) >= 11 is 0. The zero-order chi connectivity index (χ0) is 11.6. The largest absolute Gasteiger partial charge is 0.481 e. The molecular formula is C7H5F3N2O3. The number of halogens is 3. The molecule has 0 saturated heterocycles. The Balaban J connectivity index is 3.42. The van der Waals surface area contributed by atoms with Crippen LogP contribution in [0.3, 0.4) is 0 Å². The van der Waals surface area contributed by atoms with E-state index in [4.69, 9.17) is 0 Å². The van der Waals surface area contributed by atoms with Gasteiger partial charge in [0.25, 0.3) is 12.1 Å². The van der Waals surface area contributed by atoms with Crippen molar-refractivity contribution in [1.82, 2.24) is 4.98 Å². The van der Waals surface area contributed by atoms with E-state index in [1.54, 1.807) is 0 Å². The van der Waals surface area contributed by atoms with Crippen molar-refractivity contribution in [3.8, 4) is 5.88 Å². The Morgan fingerprint density at radius 3 is 2.60 bits per heavy atom. The van der Waals surface area contributed by atoms with Crippen molar-refractivity contribution in [3.05, 3.63) is 27.7 Å². The molecule has 1 aromatic rings. The fraction of sp³-hybridized carbons (Fsp3) is 0.286. The van der Waals surface area contributed by atoms with Crippen LogP contribution in [0.2, 0.25) is 0 Å². The Hall–Kier alpha value is -1.86. The van der Waals surface area contributed by atoms with E-state index in [1.165, 1.54) is 0 Å². The van der Waals surface area contributed by atoms with Gasteiger partial charge in [-0.15, -0.1) is 0 Å². The van der Waals surface area contributed by atoms with Gasteiger partial charge in [-0.25, -0.2) is 8.78 Å². The lowest BCUT2D eigenvalue weighted by Gasteiger charge is -2.04. The predicted octanol–water partition coefficient (Wildman–Crippen LogP) is 2.08. The zero-order valence-electron chi connectivity index (χ0n) is 7.41. The van der Waals surface area contributed by atoms with Crippen LogP contribution in [0.5, 0.6) is 5.88 Å². The second-order valence-electron chi connectivity index (χ2n) is 2.45. The fourth-order valence-corrected chi connectivity index (χ4v) is 0.947. The lowest BCUT2D eigenvalue weighted by molar-refractivity contribution is -0.386. The van der Waals surface area contributed by atoms with Crippen LogP contribution in [0.15, 0.2) is 6.07 Å². The molecule has 0 aliphatic rings. The molecule has 1 rings (SSSR count). The smallest absolute Gasteiger partial charge is 0.288 e. The van der Waals surface area contributed by atoms with E-state index in [0.717, 1.165) is 7.11 Å². The Morgan fingerprint density at radius 2 is 2.20 bits per heavy atom. The zero-order valence-corrected chi connectivity index (χ0v) is 7.41. The third kappa shape index (κ3) is 2.14. The summed E-state index contributed by atoms with van der Waals surface area (Å²) in [4.78, 5) is 12.2. The van der Waals surface area contributed by atoms with Gasteiger partial charge < -0.3 is 4.74 Å². The number of rotatable bonds is 3. The molecule has 0 unspecified atom stereocenters. The van der Waals surface area contributed by atoms with Gasteiger partial charge in [-0.1, -0.05) is 0 Å². The molecule has 0 saturated carbocycles. The Kier molecular flexibility index (Phi) is 3.08. The van der Waals surface area contributed by atoms with Gasteiger partial charge in [0.1, 0.15) is 0 Å². The number of ether oxygens (including phenoxy) is 1. The van der Waals surface area contributed by atoms with E-state index in [9.17, 15) is 23.3 Å². The Morgan fingerprint density at radius 1 is 1.60 bits per heavy atom. The molecule has 8 heteroatoms. The Bertz CT molecular complexity index is 397. The summed E-state index contributed by atoms with van der Waals surface area (Å²) in [7, 11) is 1.09. The second kappa shape index (κ2) is 4.11. The van der Waals surface area contributed by atoms with Crippen molar-refractivity contribution in [2.45, 2.75) is 6.43 Å². The number of pyridine rings is 1. The number of hydrogen-bond donors (Lipinski definition) is 0. The molecule has 82 valence electrons. The monoisotopic (exact) mass is 222 g/mol. The second-order valence-corrected chi connectivity index (χ2v) is 2.45. The van der Waals surface area contributed by atoms with E-state index in [0.29, 0.717) is 6.07 Å². The van der Waals surface area contributed by atoms with Gasteiger partial charge in [0.2, 0.25) is 11.8 Å². The van der Waals surface area contributed by atoms with Crippen LogP contribution in [-0.4, -0.2) is 17.0 Å². The quantitative estimate of drug-likeness (QED) is 0.446. The lowest BCUT2D eigenvalue weighted by atomic mass is 10.2. The van der Waals surface area contributed by atoms with Crippen molar-refractivity contribution >= 4 is 5.69 Å². The highest BCUT2D eigenvalue weighted by molar-refractivity contribution is 5.43. The van der Waals surface area contributed by atoms with Crippen LogP contribution in [0.1, 0.15) is 12.0 Å². The van der Waals surface area contributed by atoms with Crippen molar-refractivity contribution in [2.75, 3.05) is 7.11 Å². The van der Waals surface area contributed by atoms with E-state index in [-0.39, 0.29) is 0 Å². The van der Waals surface area contributed by atoms with Gasteiger partial charge in [-0.05, 0) is 0 Å². The lowest BCUT2D eigenvalue weighted by Crippen LogP contribution is -2.03. The number of methoxy groups -OCH3 is 1. The highest BCUT2D eigenvalue weighted by atomic mass is 19.3. The molecule has 0 N–H and O–H groups in total. The molecule has 0 aromatic carbocycles. The molecule has 0 amide bonds. The molecule has 0 spiro atoms. The first-order valence-corrected chi connectivity index (χ1v) is 3.64. The molecule has 0 atom stereocenters. The first kappa shape index (κ1) is 11.2. The van der Waals surface area contributed by atoms with Gasteiger partial charge in [-0.3, -0.25) is 10.1 Å². The number of hydrogen-bond acceptors (Lipinski definition) is 4. The SMILES string of the molecule is COc1cc([N+](=O)[O-])c(C(F)F)c(F)n1. The van der Waals surface area contributed by atoms with Crippen molar-refractivity contribution in [3.63, 3.8) is 0 Å². The maximum Gasteiger partial charge on any atom is 0.288 e. The molecule has 5 nitrogen and oxygen atoms in total. The summed E-state index contributed by atoms with van der Waals surface area (Å²) in [6.45, 7) is 0. The number of nitrogens with zero attached hydrogens (tertiary/aromatic N) is 2. The summed E-state index contributed by atoms with van der Waals surface area (Å²) in [5, 5.41) is 10.4. The van der Waals surface area contributed by atoms with Gasteiger partial charge in [0.05, 0.1) is 18.1 Å². The summed E-state index contributed by atoms with van der Waals surface area (Å²) in [5.74, 6) is -2.03. The summed E-state index contributed by atoms with van der Waals surface area (Å²) < 4.78 is 41.9. The molecule has 0 aliphatic heterocycles. The van der Waals surface area contributed by atoms with Crippen molar-refractivity contribution in [1.29, 1.82) is 0 Å². The van der Waals surface area contributed by atoms with E-state index in [2.05, 4.69) is 9.72 Å². The predicted molar refractivity (Wildman–Crippen MR) is 42.4 cm³/mol. The number of nitro groups is 1. The van der Waals surface area contributed by atoms with E-state index in [1.807, 2.05) is 0 Å². The highest BCUT2D eigenvalue weighted by Gasteiger charge is 2.28. The maximum absolute atomic E-state index is 12.9. The molecule has 1 aromatic heterocycles. The summed E-state index contributed by atoms with van der Waals surface area (Å²) in [6.07, 6.45) is -3.30. The minimum absolute atomic E-state index is 0.427. The standard InChI is InChI=1S/C7H5F3N2O3/c1-15-4-2-3(12(13)14)5(6(8)9)7(10)11-4/h2,6H,1H3. The van der Waals surface area contributed by atoms with E-state index >= 15 is 0 Å². The topological polar surface area (TPSA) is 65.3 Å². The highest BCUT2D eigenvalue weighted by Crippen LogP contribution is 2.32. The Labute approximate surface area is 81.6 Å². The molecular weight excluding hydrogens is 217 g/mol. The van der Waals surface area contributed by atoms with Crippen LogP contribution < -0.4 is 4.74 Å². The molecule has 0 aliphatic carbocycles. The minimum atomic E-state index is -3.30. The normalized spacial score (nSPS) is 10.5. The molecule has 0 bridgehead atoms. The van der Waals surface area contributed by atoms with Crippen molar-refractivity contribution in [2.24, 2.45) is 0 Å². The molecule has 1 heterocycles. The first-order chi connectivity index (χ1) is 6.97. The third-order valence-corrected chi connectivity index (χ3v) is 1.59. The van der Waals surface area contributed by atoms with Crippen LogP contribution in [0.4, 0.5) is 18.9 Å². The fourth-order valence-electron chi connectivity index (χ4n) is 0.947. The first-order valence-electron chi connectivity index (χ1n) is 3.64. The number of alkyl halides is 2. The van der Waals surface area contributed by atoms with Gasteiger partial charge in [0.15, 0.2) is 5.56 Å². The van der Waals surface area contributed by atoms with Crippen LogP contribution in [0.25, 0.3) is 0 Å². The average molecular weight is 222 g/mol. The average Bonchev–Trinajstić information content (AvgIpc) is 2.15. The summed E-state index contributed by atoms with van der Waals surface area (Å²) in [5.41, 5.74) is -2.38. The number of aromatic nitrogens is 1. The van der Waals surface area contributed by atoms with Gasteiger partial charge in [-0.2, -0.15) is 9.37 Å². The van der Waals surface area contributed by atoms with Crippen LogP contribution in [0, 0.1) is 16.1 Å². The van der Waals surface area contributed by atoms with E-state index < -0.39 is 34.4 Å². The molecule has 0 fully saturated rings. The molecule has 15 heavy (non-hydrogen) atoms. The van der Waals surface area contributed by atoms with Gasteiger partial charge in [0, 0.05) is 0 Å². The third-order valence-electron chi connectivity index (χ3n) is 1.59. The van der Waals surface area contributed by atoms with Crippen LogP contribution in [-0.2, 0) is 0 Å². The minimum Gasteiger partial charge on any atom is -0.481 e. The molecule has 0 radical (unpaired) electrons. The summed E-state index contributed by atoms with van der Waals surface area (Å²) in [6, 6.07) is 0.643. The van der Waals surface area contributed by atoms with Crippen LogP contribution >= 0.6 is 0 Å². The maximum atomic E-state index is 12.9. The van der Waals surface area contributed by atoms with Crippen molar-refractivity contribution < 1.29 is 22.8 Å².